The van der Waals surface area contributed by atoms with Gasteiger partial charge in [-0.15, -0.1) is 13.2 Å². The van der Waals surface area contributed by atoms with Crippen molar-refractivity contribution in [3.8, 4) is 11.3 Å². The number of nitrogens with zero attached hydrogens (tertiary/aromatic N) is 3. The number of amides is 1. The number of aryl methyl sites for hydroxylation is 1. The summed E-state index contributed by atoms with van der Waals surface area (Å²) in [5.41, 5.74) is 3.36. The van der Waals surface area contributed by atoms with E-state index in [4.69, 9.17) is 5.11 Å². The van der Waals surface area contributed by atoms with Gasteiger partial charge in [0.2, 0.25) is 0 Å². The smallest absolute Gasteiger partial charge is 0.405 e. The van der Waals surface area contributed by atoms with Gasteiger partial charge in [-0.1, -0.05) is 19.1 Å². The van der Waals surface area contributed by atoms with E-state index in [1.54, 1.807) is 23.2 Å². The molecule has 3 N–H and O–H groups in total. The van der Waals surface area contributed by atoms with Gasteiger partial charge in [-0.05, 0) is 24.5 Å². The van der Waals surface area contributed by atoms with Crippen molar-refractivity contribution in [3.05, 3.63) is 55.5 Å². The topological polar surface area (TPSA) is 92.1 Å². The highest BCUT2D eigenvalue weighted by atomic mass is 16.4. The fraction of sp³-hybridized carbons (Fsp3) is 0.316. The van der Waals surface area contributed by atoms with Gasteiger partial charge >= 0.3 is 6.09 Å². The summed E-state index contributed by atoms with van der Waals surface area (Å²) in [6.07, 6.45) is 6.38. The number of anilines is 1. The Labute approximate surface area is 153 Å². The first-order valence-electron chi connectivity index (χ1n) is 8.41. The molecule has 0 saturated carbocycles. The Hall–Kier alpha value is -3.09. The molecule has 0 saturated heterocycles. The Morgan fingerprint density at radius 2 is 2.23 bits per heavy atom. The summed E-state index contributed by atoms with van der Waals surface area (Å²) in [7, 11) is 1.87. The molecule has 0 aliphatic rings. The van der Waals surface area contributed by atoms with Gasteiger partial charge in [0.15, 0.2) is 0 Å². The average Bonchev–Trinajstić information content (AvgIpc) is 2.99. The summed E-state index contributed by atoms with van der Waals surface area (Å²) < 4.78 is 1.78. The number of carbonyl (C=O) groups is 1. The second kappa shape index (κ2) is 8.84. The van der Waals surface area contributed by atoms with Crippen molar-refractivity contribution >= 4 is 11.8 Å². The monoisotopic (exact) mass is 355 g/mol. The molecule has 2 aromatic heterocycles. The molecule has 7 nitrogen and oxygen atoms in total. The molecule has 0 radical (unpaired) electrons. The Morgan fingerprint density at radius 1 is 1.46 bits per heavy atom. The summed E-state index contributed by atoms with van der Waals surface area (Å²) in [6.45, 7) is 10.3. The number of rotatable bonds is 9. The third-order valence-electron chi connectivity index (χ3n) is 4.07. The van der Waals surface area contributed by atoms with E-state index in [-0.39, 0.29) is 0 Å². The Bertz CT molecular complexity index is 784. The van der Waals surface area contributed by atoms with Crippen molar-refractivity contribution in [3.63, 3.8) is 0 Å². The lowest BCUT2D eigenvalue weighted by atomic mass is 10.1. The highest BCUT2D eigenvalue weighted by Crippen LogP contribution is 2.29. The molecule has 0 unspecified atom stereocenters. The summed E-state index contributed by atoms with van der Waals surface area (Å²) in [5, 5.41) is 19.3. The molecule has 0 aliphatic carbocycles. The Kier molecular flexibility index (Phi) is 6.54. The molecule has 1 amide bonds. The second-order valence-electron chi connectivity index (χ2n) is 6.12. The molecule has 2 heterocycles. The van der Waals surface area contributed by atoms with Crippen LogP contribution in [0.25, 0.3) is 11.3 Å². The molecule has 2 rings (SSSR count). The minimum atomic E-state index is -1.09. The molecule has 2 aromatic rings. The third kappa shape index (κ3) is 4.72. The van der Waals surface area contributed by atoms with Gasteiger partial charge in [-0.3, -0.25) is 9.67 Å². The second-order valence-corrected chi connectivity index (χ2v) is 6.12. The summed E-state index contributed by atoms with van der Waals surface area (Å²) >= 11 is 0. The van der Waals surface area contributed by atoms with Crippen LogP contribution >= 0.6 is 0 Å². The first kappa shape index (κ1) is 19.2. The van der Waals surface area contributed by atoms with E-state index in [0.717, 1.165) is 23.5 Å². The molecule has 138 valence electrons. The maximum Gasteiger partial charge on any atom is 0.405 e. The molecular weight excluding hydrogens is 330 g/mol. The molecular formula is C19H25N5O2. The minimum absolute atomic E-state index is 0.327. The Morgan fingerprint density at radius 3 is 2.88 bits per heavy atom. The van der Waals surface area contributed by atoms with Crippen LogP contribution in [0.1, 0.15) is 25.1 Å². The van der Waals surface area contributed by atoms with Crippen LogP contribution in [0.5, 0.6) is 0 Å². The lowest BCUT2D eigenvalue weighted by Gasteiger charge is -2.16. The van der Waals surface area contributed by atoms with Gasteiger partial charge in [0, 0.05) is 25.4 Å². The summed E-state index contributed by atoms with van der Waals surface area (Å²) in [6, 6.07) is 3.31. The van der Waals surface area contributed by atoms with Gasteiger partial charge in [-0.2, -0.15) is 5.10 Å². The van der Waals surface area contributed by atoms with Crippen molar-refractivity contribution in [1.29, 1.82) is 0 Å². The van der Waals surface area contributed by atoms with Gasteiger partial charge < -0.3 is 15.7 Å². The predicted octanol–water partition coefficient (Wildman–Crippen LogP) is 3.60. The standard InChI is InChI=1S/C19H25N5O2/c1-5-7-15(23-19(25)26)16-10-14(8-9-20-16)18-17(12-22-24(18)4)21-11-13(3)6-2/h5-6,8-10,12-13,15,21,23H,1-2,7,11H2,3-4H3,(H,25,26)/t13-,15+/m1/s1. The van der Waals surface area contributed by atoms with Crippen LogP contribution in [0.2, 0.25) is 0 Å². The lowest BCUT2D eigenvalue weighted by Crippen LogP contribution is -2.27. The quantitative estimate of drug-likeness (QED) is 0.598. The summed E-state index contributed by atoms with van der Waals surface area (Å²) in [4.78, 5) is 15.4. The van der Waals surface area contributed by atoms with Crippen molar-refractivity contribution in [1.82, 2.24) is 20.1 Å². The zero-order valence-electron chi connectivity index (χ0n) is 15.1. The van der Waals surface area contributed by atoms with E-state index in [9.17, 15) is 4.79 Å². The van der Waals surface area contributed by atoms with E-state index in [1.807, 2.05) is 25.3 Å². The molecule has 7 heteroatoms. The van der Waals surface area contributed by atoms with Crippen LogP contribution in [-0.4, -0.2) is 32.5 Å². The van der Waals surface area contributed by atoms with E-state index in [1.165, 1.54) is 0 Å². The van der Waals surface area contributed by atoms with Crippen LogP contribution in [0.15, 0.2) is 49.8 Å². The highest BCUT2D eigenvalue weighted by Gasteiger charge is 2.17. The van der Waals surface area contributed by atoms with Crippen molar-refractivity contribution < 1.29 is 9.90 Å². The van der Waals surface area contributed by atoms with Crippen LogP contribution in [0.4, 0.5) is 10.5 Å². The third-order valence-corrected chi connectivity index (χ3v) is 4.07. The largest absolute Gasteiger partial charge is 0.465 e. The number of carboxylic acid groups (broad SMARTS) is 1. The molecule has 0 aromatic carbocycles. The Balaban J connectivity index is 2.34. The normalized spacial score (nSPS) is 12.8. The SMILES string of the molecule is C=CC[C@H](NC(=O)O)c1cc(-c2c(NC[C@H](C)C=C)cnn2C)ccn1. The van der Waals surface area contributed by atoms with Gasteiger partial charge in [0.05, 0.1) is 29.3 Å². The van der Waals surface area contributed by atoms with Gasteiger partial charge in [-0.25, -0.2) is 4.79 Å². The molecule has 0 bridgehead atoms. The van der Waals surface area contributed by atoms with Gasteiger partial charge in [0.25, 0.3) is 0 Å². The number of pyridine rings is 1. The maximum atomic E-state index is 11.1. The number of hydrogen-bond acceptors (Lipinski definition) is 4. The number of nitrogens with one attached hydrogen (secondary N) is 2. The van der Waals surface area contributed by atoms with E-state index >= 15 is 0 Å². The van der Waals surface area contributed by atoms with E-state index < -0.39 is 12.1 Å². The molecule has 0 spiro atoms. The first-order valence-corrected chi connectivity index (χ1v) is 8.41. The van der Waals surface area contributed by atoms with Gasteiger partial charge in [0.1, 0.15) is 0 Å². The van der Waals surface area contributed by atoms with Crippen molar-refractivity contribution in [2.45, 2.75) is 19.4 Å². The highest BCUT2D eigenvalue weighted by molar-refractivity contribution is 5.74. The first-order chi connectivity index (χ1) is 12.5. The number of aromatic nitrogens is 3. The molecule has 2 atom stereocenters. The van der Waals surface area contributed by atoms with Crippen molar-refractivity contribution in [2.24, 2.45) is 13.0 Å². The number of hydrogen-bond donors (Lipinski definition) is 3. The zero-order chi connectivity index (χ0) is 19.1. The molecule has 0 aliphatic heterocycles. The fourth-order valence-electron chi connectivity index (χ4n) is 2.62. The van der Waals surface area contributed by atoms with Crippen LogP contribution in [-0.2, 0) is 7.05 Å². The van der Waals surface area contributed by atoms with Crippen molar-refractivity contribution in [2.75, 3.05) is 11.9 Å². The van der Waals surface area contributed by atoms with Crippen LogP contribution in [0.3, 0.4) is 0 Å². The van der Waals surface area contributed by atoms with E-state index in [2.05, 4.69) is 40.8 Å². The molecule has 0 fully saturated rings. The molecule has 26 heavy (non-hydrogen) atoms. The average molecular weight is 355 g/mol. The summed E-state index contributed by atoms with van der Waals surface area (Å²) in [5.74, 6) is 0.327. The van der Waals surface area contributed by atoms with E-state index in [0.29, 0.717) is 18.0 Å². The fourth-order valence-corrected chi connectivity index (χ4v) is 2.62. The predicted molar refractivity (Wildman–Crippen MR) is 103 cm³/mol. The minimum Gasteiger partial charge on any atom is -0.465 e. The zero-order valence-corrected chi connectivity index (χ0v) is 15.1. The maximum absolute atomic E-state index is 11.1. The lowest BCUT2D eigenvalue weighted by molar-refractivity contribution is 0.189. The van der Waals surface area contributed by atoms with Crippen LogP contribution < -0.4 is 10.6 Å². The van der Waals surface area contributed by atoms with Crippen LogP contribution in [0, 0.1) is 5.92 Å².